The highest BCUT2D eigenvalue weighted by Crippen LogP contribution is 2.41. The zero-order valence-corrected chi connectivity index (χ0v) is 18.4. The molecule has 0 radical (unpaired) electrons. The minimum atomic E-state index is -5.20. The number of anilines is 2. The number of thioether (sulfide) groups is 1. The lowest BCUT2D eigenvalue weighted by Crippen LogP contribution is -2.52. The number of hydrogen-bond acceptors (Lipinski definition) is 6. The van der Waals surface area contributed by atoms with E-state index in [0.717, 1.165) is 17.6 Å². The van der Waals surface area contributed by atoms with Gasteiger partial charge >= 0.3 is 6.18 Å². The smallest absolute Gasteiger partial charge is 0.373 e. The van der Waals surface area contributed by atoms with Gasteiger partial charge < -0.3 is 15.3 Å². The van der Waals surface area contributed by atoms with Crippen LogP contribution in [0.4, 0.5) is 24.5 Å². The third-order valence-electron chi connectivity index (χ3n) is 4.58. The van der Waals surface area contributed by atoms with Gasteiger partial charge in [-0.2, -0.15) is 24.9 Å². The number of nitrogens with one attached hydrogen (secondary N) is 1. The molecular formula is C17H22ClF3N2O4S2. The Morgan fingerprint density at radius 3 is 2.31 bits per heavy atom. The van der Waals surface area contributed by atoms with E-state index < -0.39 is 32.8 Å². The zero-order valence-electron chi connectivity index (χ0n) is 16.0. The van der Waals surface area contributed by atoms with Gasteiger partial charge in [-0.3, -0.25) is 4.79 Å². The van der Waals surface area contributed by atoms with Crippen LogP contribution in [0.2, 0.25) is 5.02 Å². The van der Waals surface area contributed by atoms with Crippen molar-refractivity contribution in [3.63, 3.8) is 0 Å². The molecule has 1 aliphatic heterocycles. The van der Waals surface area contributed by atoms with Crippen LogP contribution in [0.5, 0.6) is 0 Å². The van der Waals surface area contributed by atoms with Crippen LogP contribution in [-0.2, 0) is 14.6 Å². The molecule has 0 aliphatic carbocycles. The minimum Gasteiger partial charge on any atom is -0.373 e. The maximum Gasteiger partial charge on any atom is 0.426 e. The average Bonchev–Trinajstić information content (AvgIpc) is 2.62. The standard InChI is InChI=1S/C17H22ClF3N2O4S2/c1-10(2)29(26,27)12-5-4-11(22-15(24)16(3,25)17(19,20)21)13(18)14(12)23-6-8-28-9-7-23/h4-5,10,25H,6-9H2,1-3H3,(H,22,24)/t16-/m1/s1. The molecular weight excluding hydrogens is 453 g/mol. The van der Waals surface area contributed by atoms with E-state index in [1.165, 1.54) is 19.9 Å². The molecule has 2 rings (SSSR count). The largest absolute Gasteiger partial charge is 0.426 e. The average molecular weight is 475 g/mol. The summed E-state index contributed by atoms with van der Waals surface area (Å²) in [6.07, 6.45) is -5.20. The topological polar surface area (TPSA) is 86.7 Å². The molecule has 1 aromatic carbocycles. The fourth-order valence-corrected chi connectivity index (χ4v) is 5.14. The molecule has 1 aromatic rings. The highest BCUT2D eigenvalue weighted by molar-refractivity contribution is 7.99. The number of benzene rings is 1. The Hall–Kier alpha value is -1.17. The Balaban J connectivity index is 2.56. The van der Waals surface area contributed by atoms with E-state index in [2.05, 4.69) is 0 Å². The van der Waals surface area contributed by atoms with Gasteiger partial charge in [-0.25, -0.2) is 8.42 Å². The summed E-state index contributed by atoms with van der Waals surface area (Å²) < 4.78 is 64.4. The highest BCUT2D eigenvalue weighted by Gasteiger charge is 2.55. The van der Waals surface area contributed by atoms with Gasteiger partial charge in [0.05, 0.1) is 26.5 Å². The van der Waals surface area contributed by atoms with E-state index in [9.17, 15) is 31.5 Å². The van der Waals surface area contributed by atoms with Gasteiger partial charge in [0, 0.05) is 24.6 Å². The first-order chi connectivity index (χ1) is 13.2. The molecule has 2 N–H and O–H groups in total. The lowest BCUT2D eigenvalue weighted by molar-refractivity contribution is -0.242. The summed E-state index contributed by atoms with van der Waals surface area (Å²) in [5.41, 5.74) is -3.71. The molecule has 6 nitrogen and oxygen atoms in total. The second-order valence-electron chi connectivity index (χ2n) is 6.99. The van der Waals surface area contributed by atoms with Gasteiger partial charge in [0.15, 0.2) is 9.84 Å². The van der Waals surface area contributed by atoms with Crippen molar-refractivity contribution in [1.82, 2.24) is 0 Å². The molecule has 0 unspecified atom stereocenters. The number of sulfone groups is 1. The van der Waals surface area contributed by atoms with Crippen LogP contribution >= 0.6 is 23.4 Å². The monoisotopic (exact) mass is 474 g/mol. The molecule has 29 heavy (non-hydrogen) atoms. The quantitative estimate of drug-likeness (QED) is 0.680. The molecule has 1 heterocycles. The number of nitrogens with zero attached hydrogens (tertiary/aromatic N) is 1. The molecule has 1 atom stereocenters. The molecule has 164 valence electrons. The van der Waals surface area contributed by atoms with Crippen LogP contribution in [0.25, 0.3) is 0 Å². The molecule has 12 heteroatoms. The van der Waals surface area contributed by atoms with Crippen LogP contribution in [0.15, 0.2) is 17.0 Å². The normalized spacial score (nSPS) is 17.9. The molecule has 0 saturated carbocycles. The Kier molecular flexibility index (Phi) is 7.08. The van der Waals surface area contributed by atoms with E-state index in [4.69, 9.17) is 11.6 Å². The van der Waals surface area contributed by atoms with Crippen LogP contribution in [0.3, 0.4) is 0 Å². The number of carbonyl (C=O) groups excluding carboxylic acids is 1. The van der Waals surface area contributed by atoms with E-state index in [0.29, 0.717) is 20.0 Å². The maximum atomic E-state index is 12.9. The van der Waals surface area contributed by atoms with Gasteiger partial charge in [0.1, 0.15) is 0 Å². The van der Waals surface area contributed by atoms with Gasteiger partial charge in [0.25, 0.3) is 5.91 Å². The van der Waals surface area contributed by atoms with E-state index in [-0.39, 0.29) is 21.3 Å². The van der Waals surface area contributed by atoms with Gasteiger partial charge in [-0.15, -0.1) is 0 Å². The van der Waals surface area contributed by atoms with Crippen LogP contribution in [0.1, 0.15) is 20.8 Å². The van der Waals surface area contributed by atoms with Crippen LogP contribution in [0, 0.1) is 0 Å². The first-order valence-electron chi connectivity index (χ1n) is 8.71. The van der Waals surface area contributed by atoms with Crippen molar-refractivity contribution in [2.45, 2.75) is 42.7 Å². The number of halogens is 4. The summed E-state index contributed by atoms with van der Waals surface area (Å²) in [5.74, 6) is -0.278. The first kappa shape index (κ1) is 24.1. The second-order valence-corrected chi connectivity index (χ2v) is 11.1. The lowest BCUT2D eigenvalue weighted by atomic mass is 10.1. The van der Waals surface area contributed by atoms with Gasteiger partial charge in [0.2, 0.25) is 5.60 Å². The number of rotatable bonds is 5. The fraction of sp³-hybridized carbons (Fsp3) is 0.588. The number of aliphatic hydroxyl groups is 1. The van der Waals surface area contributed by atoms with Crippen molar-refractivity contribution in [3.05, 3.63) is 17.2 Å². The summed E-state index contributed by atoms with van der Waals surface area (Å²) in [7, 11) is -3.75. The van der Waals surface area contributed by atoms with Crippen LogP contribution < -0.4 is 10.2 Å². The molecule has 1 saturated heterocycles. The van der Waals surface area contributed by atoms with Crippen molar-refractivity contribution < 1.29 is 31.5 Å². The SMILES string of the molecule is CC(C)S(=O)(=O)c1ccc(NC(=O)[C@@](C)(O)C(F)(F)F)c(Cl)c1N1CCSCC1. The Morgan fingerprint density at radius 2 is 1.83 bits per heavy atom. The Morgan fingerprint density at radius 1 is 1.28 bits per heavy atom. The Bertz CT molecular complexity index is 883. The summed E-state index contributed by atoms with van der Waals surface area (Å²) in [4.78, 5) is 13.7. The molecule has 1 amide bonds. The van der Waals surface area contributed by atoms with E-state index >= 15 is 0 Å². The van der Waals surface area contributed by atoms with Crippen molar-refractivity contribution in [2.75, 3.05) is 34.8 Å². The number of hydrogen-bond donors (Lipinski definition) is 2. The number of carbonyl (C=O) groups is 1. The summed E-state index contributed by atoms with van der Waals surface area (Å²) in [5, 5.41) is 10.6. The summed E-state index contributed by atoms with van der Waals surface area (Å²) >= 11 is 8.05. The third-order valence-corrected chi connectivity index (χ3v) is 8.08. The number of alkyl halides is 3. The van der Waals surface area contributed by atoms with Gasteiger partial charge in [-0.1, -0.05) is 11.6 Å². The van der Waals surface area contributed by atoms with Crippen molar-refractivity contribution in [1.29, 1.82) is 0 Å². The van der Waals surface area contributed by atoms with E-state index in [1.807, 2.05) is 5.32 Å². The summed E-state index contributed by atoms with van der Waals surface area (Å²) in [6.45, 7) is 4.33. The minimum absolute atomic E-state index is 0.0509. The highest BCUT2D eigenvalue weighted by atomic mass is 35.5. The van der Waals surface area contributed by atoms with Crippen molar-refractivity contribution >= 4 is 50.5 Å². The second kappa shape index (κ2) is 8.52. The maximum absolute atomic E-state index is 12.9. The molecule has 1 fully saturated rings. The molecule has 0 aromatic heterocycles. The third kappa shape index (κ3) is 4.78. The Labute approximate surface area is 176 Å². The first-order valence-corrected chi connectivity index (χ1v) is 11.8. The lowest BCUT2D eigenvalue weighted by Gasteiger charge is -2.32. The van der Waals surface area contributed by atoms with E-state index in [1.54, 1.807) is 16.7 Å². The number of amides is 1. The van der Waals surface area contributed by atoms with Crippen molar-refractivity contribution in [2.24, 2.45) is 0 Å². The predicted octanol–water partition coefficient (Wildman–Crippen LogP) is 3.33. The van der Waals surface area contributed by atoms with Crippen molar-refractivity contribution in [3.8, 4) is 0 Å². The zero-order chi connectivity index (χ0) is 22.2. The predicted molar refractivity (Wildman–Crippen MR) is 109 cm³/mol. The van der Waals surface area contributed by atoms with Gasteiger partial charge in [-0.05, 0) is 32.9 Å². The summed E-state index contributed by atoms with van der Waals surface area (Å²) in [6, 6.07) is 2.35. The molecule has 0 bridgehead atoms. The molecule has 1 aliphatic rings. The van der Waals surface area contributed by atoms with Crippen LogP contribution in [-0.4, -0.2) is 61.1 Å². The molecule has 0 spiro atoms. The fourth-order valence-electron chi connectivity index (χ4n) is 2.58.